The molecule has 3 rings (SSSR count). The predicted molar refractivity (Wildman–Crippen MR) is 216 cm³/mol. The van der Waals surface area contributed by atoms with E-state index in [0.29, 0.717) is 22.3 Å². The van der Waals surface area contributed by atoms with Crippen LogP contribution in [0.4, 0.5) is 20.1 Å². The average molecular weight is 811 g/mol. The van der Waals surface area contributed by atoms with Crippen LogP contribution in [0.1, 0.15) is 86.3 Å². The first-order chi connectivity index (χ1) is 26.8. The fraction of sp³-hybridized carbons (Fsp3) is 0.512. The van der Waals surface area contributed by atoms with Gasteiger partial charge in [-0.3, -0.25) is 9.59 Å². The second kappa shape index (κ2) is 19.4. The third-order valence-corrected chi connectivity index (χ3v) is 8.17. The Hall–Kier alpha value is -6.00. The Bertz CT molecular complexity index is 1860. The van der Waals surface area contributed by atoms with Crippen molar-refractivity contribution in [2.45, 2.75) is 123 Å². The van der Waals surface area contributed by atoms with Gasteiger partial charge in [0.25, 0.3) is 0 Å². The number of carboxylic acids is 1. The number of phenols is 1. The molecule has 17 nitrogen and oxygen atoms in total. The van der Waals surface area contributed by atoms with Crippen LogP contribution in [0.15, 0.2) is 48.7 Å². The van der Waals surface area contributed by atoms with Crippen molar-refractivity contribution in [2.75, 3.05) is 18.4 Å². The smallest absolute Gasteiger partial charge is 0.408 e. The van der Waals surface area contributed by atoms with Crippen LogP contribution in [-0.4, -0.2) is 94.3 Å². The predicted octanol–water partition coefficient (Wildman–Crippen LogP) is 4.86. The van der Waals surface area contributed by atoms with Gasteiger partial charge in [-0.1, -0.05) is 18.7 Å². The van der Waals surface area contributed by atoms with Crippen LogP contribution in [0.3, 0.4) is 0 Å². The van der Waals surface area contributed by atoms with Crippen LogP contribution in [-0.2, 0) is 41.4 Å². The number of carbonyl (C=O) groups is 6. The summed E-state index contributed by atoms with van der Waals surface area (Å²) in [5.74, 6) is -2.71. The first-order valence-electron chi connectivity index (χ1n) is 19.0. The van der Waals surface area contributed by atoms with E-state index >= 15 is 0 Å². The number of phenolic OH excluding ortho intramolecular Hbond substituents is 1. The maximum Gasteiger partial charge on any atom is 0.408 e. The number of anilines is 1. The zero-order valence-electron chi connectivity index (χ0n) is 34.7. The Morgan fingerprint density at radius 3 is 1.91 bits per heavy atom. The molecule has 1 aliphatic heterocycles. The van der Waals surface area contributed by atoms with Gasteiger partial charge in [-0.05, 0) is 122 Å². The SMILES string of the molecule is C=C1N[C@H](C(=O)O)Cc2cc(ccc2NC(=O)CNC(=O)OC(C)(C)C)-c2ccc(O)c(c2)C[C@H](NC(=O)OC(C)(C)C)C(=O)N[C@H]1CCCNC(=O)OC(C)(C)C. The maximum absolute atomic E-state index is 14.1. The van der Waals surface area contributed by atoms with Crippen molar-refractivity contribution in [3.63, 3.8) is 0 Å². The molecule has 0 saturated carbocycles. The van der Waals surface area contributed by atoms with E-state index in [0.717, 1.165) is 0 Å². The first-order valence-corrected chi connectivity index (χ1v) is 19.0. The molecule has 8 N–H and O–H groups in total. The monoisotopic (exact) mass is 810 g/mol. The van der Waals surface area contributed by atoms with E-state index in [9.17, 15) is 39.0 Å². The van der Waals surface area contributed by atoms with E-state index in [-0.39, 0.29) is 49.4 Å². The maximum atomic E-state index is 14.1. The molecular formula is C41H58N6O11. The molecule has 0 unspecified atom stereocenters. The second-order valence-electron chi connectivity index (χ2n) is 16.9. The van der Waals surface area contributed by atoms with Crippen LogP contribution >= 0.6 is 0 Å². The summed E-state index contributed by atoms with van der Waals surface area (Å²) in [6, 6.07) is 6.11. The molecule has 0 fully saturated rings. The van der Waals surface area contributed by atoms with Gasteiger partial charge in [-0.2, -0.15) is 0 Å². The number of hydrogen-bond donors (Lipinski definition) is 8. The highest BCUT2D eigenvalue weighted by Crippen LogP contribution is 2.31. The Labute approximate surface area is 339 Å². The van der Waals surface area contributed by atoms with Gasteiger partial charge in [-0.15, -0.1) is 0 Å². The fourth-order valence-corrected chi connectivity index (χ4v) is 5.69. The number of alkyl carbamates (subject to hydrolysis) is 3. The summed E-state index contributed by atoms with van der Waals surface area (Å²) in [6.07, 6.45) is -2.25. The number of aliphatic carboxylic acids is 1. The third kappa shape index (κ3) is 15.9. The van der Waals surface area contributed by atoms with Crippen molar-refractivity contribution >= 4 is 41.8 Å². The van der Waals surface area contributed by atoms with E-state index < -0.39 is 77.5 Å². The minimum Gasteiger partial charge on any atom is -0.508 e. The number of amides is 5. The van der Waals surface area contributed by atoms with Crippen LogP contribution in [0.5, 0.6) is 5.75 Å². The largest absolute Gasteiger partial charge is 0.508 e. The number of aromatic hydroxyl groups is 1. The van der Waals surface area contributed by atoms with Crippen molar-refractivity contribution < 1.29 is 53.2 Å². The van der Waals surface area contributed by atoms with Crippen molar-refractivity contribution in [3.05, 3.63) is 59.8 Å². The molecule has 0 aliphatic carbocycles. The fourth-order valence-electron chi connectivity index (χ4n) is 5.69. The quantitative estimate of drug-likeness (QED) is 0.125. The molecule has 2 aromatic carbocycles. The number of fused-ring (bicyclic) bond motifs is 5. The summed E-state index contributed by atoms with van der Waals surface area (Å²) in [7, 11) is 0. The van der Waals surface area contributed by atoms with E-state index in [1.807, 2.05) is 0 Å². The van der Waals surface area contributed by atoms with Gasteiger partial charge < -0.3 is 56.3 Å². The second-order valence-corrected chi connectivity index (χ2v) is 16.9. The summed E-state index contributed by atoms with van der Waals surface area (Å²) in [6.45, 7) is 19.0. The van der Waals surface area contributed by atoms with E-state index in [2.05, 4.69) is 38.5 Å². The van der Waals surface area contributed by atoms with Crippen LogP contribution in [0.25, 0.3) is 11.1 Å². The molecule has 0 saturated heterocycles. The highest BCUT2D eigenvalue weighted by Gasteiger charge is 2.30. The number of carboxylic acid groups (broad SMARTS) is 1. The van der Waals surface area contributed by atoms with E-state index in [4.69, 9.17) is 14.2 Å². The zero-order valence-corrected chi connectivity index (χ0v) is 34.7. The number of rotatable bonds is 9. The Morgan fingerprint density at radius 2 is 1.33 bits per heavy atom. The standard InChI is InChI=1S/C41H58N6O11/c1-23-28(12-11-17-42-36(53)56-39(2,3)4)46-34(50)30(47-38(55)58-41(8,9)10)21-27-19-25(14-16-32(27)48)24-13-15-29(26(18-24)20-31(44-23)35(51)52)45-33(49)22-43-37(54)57-40(5,6)7/h13-16,18-19,28,30-31,44,48H,1,11-12,17,20-22H2,2-10H3,(H,42,53)(H,43,54)(H,45,49)(H,46,50)(H,47,55)(H,51,52)/t28-,30-,31-/m0/s1. The van der Waals surface area contributed by atoms with Gasteiger partial charge in [0.15, 0.2) is 0 Å². The molecule has 4 bridgehead atoms. The lowest BCUT2D eigenvalue weighted by atomic mass is 9.95. The molecule has 0 spiro atoms. The molecule has 1 aliphatic rings. The van der Waals surface area contributed by atoms with Gasteiger partial charge in [0, 0.05) is 30.8 Å². The molecule has 5 amide bonds. The van der Waals surface area contributed by atoms with E-state index in [1.54, 1.807) is 92.6 Å². The Morgan fingerprint density at radius 1 is 0.776 bits per heavy atom. The molecule has 3 atom stereocenters. The minimum atomic E-state index is -1.34. The van der Waals surface area contributed by atoms with Crippen molar-refractivity contribution in [1.82, 2.24) is 26.6 Å². The highest BCUT2D eigenvalue weighted by atomic mass is 16.6. The lowest BCUT2D eigenvalue weighted by Gasteiger charge is -2.28. The third-order valence-electron chi connectivity index (χ3n) is 8.17. The number of ether oxygens (including phenoxy) is 3. The summed E-state index contributed by atoms with van der Waals surface area (Å²) in [5.41, 5.74) is -0.185. The average Bonchev–Trinajstić information content (AvgIpc) is 3.06. The van der Waals surface area contributed by atoms with Gasteiger partial charge in [0.2, 0.25) is 11.8 Å². The first kappa shape index (κ1) is 46.4. The van der Waals surface area contributed by atoms with Crippen molar-refractivity contribution in [3.8, 4) is 16.9 Å². The number of hydrogen-bond acceptors (Lipinski definition) is 11. The molecular weight excluding hydrogens is 752 g/mol. The summed E-state index contributed by atoms with van der Waals surface area (Å²) in [4.78, 5) is 77.4. The summed E-state index contributed by atoms with van der Waals surface area (Å²) in [5, 5.41) is 37.6. The number of nitrogens with one attached hydrogen (secondary N) is 6. The lowest BCUT2D eigenvalue weighted by Crippen LogP contribution is -2.53. The van der Waals surface area contributed by atoms with Gasteiger partial charge >= 0.3 is 24.2 Å². The van der Waals surface area contributed by atoms with Crippen LogP contribution in [0, 0.1) is 0 Å². The lowest BCUT2D eigenvalue weighted by molar-refractivity contribution is -0.139. The van der Waals surface area contributed by atoms with Crippen molar-refractivity contribution in [2.24, 2.45) is 0 Å². The molecule has 318 valence electrons. The minimum absolute atomic E-state index is 0.107. The topological polar surface area (TPSA) is 243 Å². The van der Waals surface area contributed by atoms with Crippen LogP contribution in [0.2, 0.25) is 0 Å². The van der Waals surface area contributed by atoms with Crippen molar-refractivity contribution in [1.29, 1.82) is 0 Å². The Kier molecular flexibility index (Phi) is 15.5. The van der Waals surface area contributed by atoms with Crippen LogP contribution < -0.4 is 31.9 Å². The van der Waals surface area contributed by atoms with Gasteiger partial charge in [-0.25, -0.2) is 19.2 Å². The molecule has 58 heavy (non-hydrogen) atoms. The molecule has 17 heteroatoms. The molecule has 2 aromatic rings. The molecule has 0 radical (unpaired) electrons. The number of carbonyl (C=O) groups excluding carboxylic acids is 5. The highest BCUT2D eigenvalue weighted by molar-refractivity contribution is 5.95. The zero-order chi connectivity index (χ0) is 43.6. The molecule has 0 aromatic heterocycles. The summed E-state index contributed by atoms with van der Waals surface area (Å²) >= 11 is 0. The normalized spacial score (nSPS) is 17.5. The summed E-state index contributed by atoms with van der Waals surface area (Å²) < 4.78 is 15.9. The number of benzene rings is 2. The Balaban J connectivity index is 2.06. The van der Waals surface area contributed by atoms with Gasteiger partial charge in [0.1, 0.15) is 41.2 Å². The molecule has 1 heterocycles. The van der Waals surface area contributed by atoms with E-state index in [1.165, 1.54) is 6.07 Å². The van der Waals surface area contributed by atoms with Gasteiger partial charge in [0.05, 0.1) is 6.04 Å².